The van der Waals surface area contributed by atoms with Gasteiger partial charge in [-0.15, -0.1) is 0 Å². The zero-order valence-electron chi connectivity index (χ0n) is 24.7. The fourth-order valence-electron chi connectivity index (χ4n) is 5.64. The summed E-state index contributed by atoms with van der Waals surface area (Å²) in [4.78, 5) is 34.4. The smallest absolute Gasteiger partial charge is 0.341 e. The van der Waals surface area contributed by atoms with Crippen LogP contribution >= 0.6 is 0 Å². The Labute approximate surface area is 251 Å². The van der Waals surface area contributed by atoms with Crippen molar-refractivity contribution in [1.29, 1.82) is 5.26 Å². The molecule has 0 saturated carbocycles. The molecule has 3 heterocycles. The van der Waals surface area contributed by atoms with E-state index in [9.17, 15) is 9.59 Å². The lowest BCUT2D eigenvalue weighted by molar-refractivity contribution is 0.0526. The van der Waals surface area contributed by atoms with E-state index in [1.165, 1.54) is 6.42 Å². The molecule has 0 radical (unpaired) electrons. The van der Waals surface area contributed by atoms with Crippen molar-refractivity contribution < 1.29 is 23.8 Å². The minimum absolute atomic E-state index is 0.220. The number of esters is 1. The first-order valence-electron chi connectivity index (χ1n) is 14.8. The van der Waals surface area contributed by atoms with E-state index < -0.39 is 5.97 Å². The Morgan fingerprint density at radius 3 is 2.60 bits per heavy atom. The maximum absolute atomic E-state index is 13.0. The predicted octanol–water partition coefficient (Wildman–Crippen LogP) is 4.41. The number of fused-ring (bicyclic) bond motifs is 1. The van der Waals surface area contributed by atoms with Crippen LogP contribution in [0.3, 0.4) is 0 Å². The van der Waals surface area contributed by atoms with Crippen LogP contribution in [0.5, 0.6) is 11.5 Å². The van der Waals surface area contributed by atoms with Crippen LogP contribution in [0.4, 0.5) is 16.2 Å². The van der Waals surface area contributed by atoms with Crippen LogP contribution in [0, 0.1) is 17.2 Å². The second-order valence-electron chi connectivity index (χ2n) is 10.7. The van der Waals surface area contributed by atoms with Crippen LogP contribution in [0.1, 0.15) is 42.1 Å². The zero-order valence-corrected chi connectivity index (χ0v) is 24.7. The standard InChI is InChI=1S/C32H38N6O5/c1-3-42-31(39)26-21-35-27-18-29(43-16-4-5-23-10-11-34-20-23)28(41-2)17-25(27)30(26)37-12-14-38(15-13-37)32(40)36-24-8-6-22(19-33)7-9-24/h6-9,17-18,21,23,34H,3-5,10-16,20H2,1-2H3,(H,36,40). The maximum Gasteiger partial charge on any atom is 0.341 e. The molecule has 2 saturated heterocycles. The Bertz CT molecular complexity index is 1470. The number of benzene rings is 2. The van der Waals surface area contributed by atoms with Crippen molar-refractivity contribution in [1.82, 2.24) is 15.2 Å². The molecule has 11 nitrogen and oxygen atoms in total. The van der Waals surface area contributed by atoms with Crippen molar-refractivity contribution in [3.8, 4) is 17.6 Å². The first kappa shape index (κ1) is 29.9. The van der Waals surface area contributed by atoms with Gasteiger partial charge in [-0.2, -0.15) is 5.26 Å². The van der Waals surface area contributed by atoms with E-state index in [4.69, 9.17) is 19.5 Å². The molecule has 11 heteroatoms. The third kappa shape index (κ3) is 7.09. The fourth-order valence-corrected chi connectivity index (χ4v) is 5.64. The normalized spacial score (nSPS) is 16.5. The lowest BCUT2D eigenvalue weighted by Gasteiger charge is -2.37. The average molecular weight is 587 g/mol. The van der Waals surface area contributed by atoms with Crippen molar-refractivity contribution in [3.05, 3.63) is 53.7 Å². The summed E-state index contributed by atoms with van der Waals surface area (Å²) in [6.07, 6.45) is 4.84. The Morgan fingerprint density at radius 2 is 1.93 bits per heavy atom. The lowest BCUT2D eigenvalue weighted by atomic mass is 10.0. The van der Waals surface area contributed by atoms with E-state index in [1.54, 1.807) is 49.4 Å². The number of aromatic nitrogens is 1. The number of piperazine rings is 1. The number of methoxy groups -OCH3 is 1. The molecule has 2 amide bonds. The first-order chi connectivity index (χ1) is 21.0. The van der Waals surface area contributed by atoms with Crippen molar-refractivity contribution in [2.45, 2.75) is 26.2 Å². The van der Waals surface area contributed by atoms with Crippen LogP contribution in [-0.4, -0.2) is 81.5 Å². The van der Waals surface area contributed by atoms with Gasteiger partial charge in [0.2, 0.25) is 0 Å². The summed E-state index contributed by atoms with van der Waals surface area (Å²) < 4.78 is 17.2. The second-order valence-corrected chi connectivity index (χ2v) is 10.7. The number of rotatable bonds is 10. The highest BCUT2D eigenvalue weighted by molar-refractivity contribution is 6.06. The molecule has 1 unspecified atom stereocenters. The molecule has 2 N–H and O–H groups in total. The molecule has 0 bridgehead atoms. The van der Waals surface area contributed by atoms with Gasteiger partial charge >= 0.3 is 12.0 Å². The number of ether oxygens (including phenoxy) is 3. The molecule has 1 aromatic heterocycles. The van der Waals surface area contributed by atoms with Gasteiger partial charge in [-0.25, -0.2) is 9.59 Å². The fraction of sp³-hybridized carbons (Fsp3) is 0.438. The van der Waals surface area contributed by atoms with Crippen LogP contribution in [-0.2, 0) is 4.74 Å². The average Bonchev–Trinajstić information content (AvgIpc) is 3.56. The molecule has 0 spiro atoms. The van der Waals surface area contributed by atoms with Gasteiger partial charge in [-0.05, 0) is 75.5 Å². The molecular weight excluding hydrogens is 548 g/mol. The van der Waals surface area contributed by atoms with Gasteiger partial charge in [-0.1, -0.05) is 0 Å². The molecule has 0 aliphatic carbocycles. The van der Waals surface area contributed by atoms with Crippen molar-refractivity contribution >= 4 is 34.3 Å². The van der Waals surface area contributed by atoms with Gasteiger partial charge < -0.3 is 34.6 Å². The third-order valence-corrected chi connectivity index (χ3v) is 7.95. The van der Waals surface area contributed by atoms with Crippen LogP contribution < -0.4 is 25.0 Å². The van der Waals surface area contributed by atoms with Gasteiger partial charge in [0.25, 0.3) is 0 Å². The van der Waals surface area contributed by atoms with E-state index in [2.05, 4.69) is 26.6 Å². The van der Waals surface area contributed by atoms with E-state index in [-0.39, 0.29) is 12.6 Å². The van der Waals surface area contributed by atoms with Gasteiger partial charge in [0, 0.05) is 49.5 Å². The van der Waals surface area contributed by atoms with Gasteiger partial charge in [-0.3, -0.25) is 4.98 Å². The zero-order chi connectivity index (χ0) is 30.2. The SMILES string of the molecule is CCOC(=O)c1cnc2cc(OCCCC3CCNC3)c(OC)cc2c1N1CCN(C(=O)Nc2ccc(C#N)cc2)CC1. The van der Waals surface area contributed by atoms with Gasteiger partial charge in [0.1, 0.15) is 5.56 Å². The van der Waals surface area contributed by atoms with E-state index in [0.29, 0.717) is 78.2 Å². The highest BCUT2D eigenvalue weighted by Crippen LogP contribution is 2.38. The number of amides is 2. The van der Waals surface area contributed by atoms with Gasteiger partial charge in [0.15, 0.2) is 11.5 Å². The van der Waals surface area contributed by atoms with Crippen LogP contribution in [0.25, 0.3) is 10.9 Å². The van der Waals surface area contributed by atoms with Crippen molar-refractivity contribution in [3.63, 3.8) is 0 Å². The number of hydrogen-bond acceptors (Lipinski definition) is 9. The molecule has 2 aliphatic heterocycles. The lowest BCUT2D eigenvalue weighted by Crippen LogP contribution is -2.50. The molecule has 2 aliphatic rings. The summed E-state index contributed by atoms with van der Waals surface area (Å²) in [5.41, 5.74) is 2.90. The number of anilines is 2. The summed E-state index contributed by atoms with van der Waals surface area (Å²) in [5, 5.41) is 16.1. The molecule has 3 aromatic rings. The number of pyridine rings is 1. The molecular formula is C32H38N6O5. The largest absolute Gasteiger partial charge is 0.493 e. The number of urea groups is 1. The number of nitrogens with zero attached hydrogens (tertiary/aromatic N) is 4. The van der Waals surface area contributed by atoms with Crippen molar-refractivity contribution in [2.75, 3.05) is 69.8 Å². The van der Waals surface area contributed by atoms with E-state index >= 15 is 0 Å². The summed E-state index contributed by atoms with van der Waals surface area (Å²) >= 11 is 0. The molecule has 226 valence electrons. The van der Waals surface area contributed by atoms with Crippen LogP contribution in [0.15, 0.2) is 42.6 Å². The summed E-state index contributed by atoms with van der Waals surface area (Å²) in [6.45, 7) is 6.66. The quantitative estimate of drug-likeness (QED) is 0.262. The Balaban J connectivity index is 1.34. The predicted molar refractivity (Wildman–Crippen MR) is 164 cm³/mol. The topological polar surface area (TPSA) is 129 Å². The second kappa shape index (κ2) is 14.1. The minimum atomic E-state index is -0.450. The van der Waals surface area contributed by atoms with Gasteiger partial charge in [0.05, 0.1) is 43.2 Å². The maximum atomic E-state index is 13.0. The highest BCUT2D eigenvalue weighted by Gasteiger charge is 2.28. The Hall–Kier alpha value is -4.56. The molecule has 1 atom stereocenters. The Kier molecular flexibility index (Phi) is 9.79. The van der Waals surface area contributed by atoms with E-state index in [0.717, 1.165) is 31.3 Å². The highest BCUT2D eigenvalue weighted by atomic mass is 16.5. The summed E-state index contributed by atoms with van der Waals surface area (Å²) in [6, 6.07) is 12.3. The number of hydrogen-bond donors (Lipinski definition) is 2. The number of nitriles is 1. The van der Waals surface area contributed by atoms with Crippen LogP contribution in [0.2, 0.25) is 0 Å². The molecule has 43 heavy (non-hydrogen) atoms. The first-order valence-corrected chi connectivity index (χ1v) is 14.8. The third-order valence-electron chi connectivity index (χ3n) is 7.95. The minimum Gasteiger partial charge on any atom is -0.493 e. The molecule has 2 aromatic carbocycles. The molecule has 2 fully saturated rings. The van der Waals surface area contributed by atoms with Crippen molar-refractivity contribution in [2.24, 2.45) is 5.92 Å². The number of carbonyl (C=O) groups is 2. The summed E-state index contributed by atoms with van der Waals surface area (Å²) in [7, 11) is 1.60. The number of nitrogens with one attached hydrogen (secondary N) is 2. The molecule has 5 rings (SSSR count). The van der Waals surface area contributed by atoms with E-state index in [1.807, 2.05) is 12.1 Å². The monoisotopic (exact) mass is 586 g/mol. The summed E-state index contributed by atoms with van der Waals surface area (Å²) in [5.74, 6) is 1.44. The number of carbonyl (C=O) groups excluding carboxylic acids is 2. The Morgan fingerprint density at radius 1 is 1.14 bits per heavy atom.